The number of aromatic nitrogens is 3. The number of benzene rings is 1. The smallest absolute Gasteiger partial charge is 0.0949 e. The molecule has 1 aromatic carbocycles. The summed E-state index contributed by atoms with van der Waals surface area (Å²) in [7, 11) is 0. The number of hydrogen-bond acceptors (Lipinski definition) is 4. The van der Waals surface area contributed by atoms with Gasteiger partial charge in [0.25, 0.3) is 0 Å². The van der Waals surface area contributed by atoms with Crippen molar-refractivity contribution in [2.75, 3.05) is 26.3 Å². The van der Waals surface area contributed by atoms with E-state index in [1.165, 1.54) is 11.1 Å². The molecule has 0 unspecified atom stereocenters. The van der Waals surface area contributed by atoms with Crippen LogP contribution < -0.4 is 0 Å². The molecular formula is C21H24N4O. The van der Waals surface area contributed by atoms with Crippen LogP contribution in [-0.2, 0) is 11.3 Å². The average Bonchev–Trinajstić information content (AvgIpc) is 3.22. The number of morpholine rings is 1. The molecule has 1 fully saturated rings. The third-order valence-electron chi connectivity index (χ3n) is 5.03. The zero-order chi connectivity index (χ0) is 17.8. The number of nitrogens with zero attached hydrogens (tertiary/aromatic N) is 4. The van der Waals surface area contributed by atoms with Crippen molar-refractivity contribution in [2.24, 2.45) is 0 Å². The lowest BCUT2D eigenvalue weighted by atomic mass is 10.0. The highest BCUT2D eigenvalue weighted by atomic mass is 16.5. The quantitative estimate of drug-likeness (QED) is 0.709. The van der Waals surface area contributed by atoms with Gasteiger partial charge in [0.05, 0.1) is 25.2 Å². The molecule has 26 heavy (non-hydrogen) atoms. The summed E-state index contributed by atoms with van der Waals surface area (Å²) in [6.07, 6.45) is 7.52. The molecule has 1 aliphatic rings. The van der Waals surface area contributed by atoms with E-state index in [0.29, 0.717) is 6.04 Å². The molecule has 3 aromatic rings. The van der Waals surface area contributed by atoms with Gasteiger partial charge in [-0.25, -0.2) is 4.98 Å². The van der Waals surface area contributed by atoms with Crippen molar-refractivity contribution >= 4 is 0 Å². The minimum Gasteiger partial charge on any atom is -0.379 e. The summed E-state index contributed by atoms with van der Waals surface area (Å²) in [5, 5.41) is 0. The highest BCUT2D eigenvalue weighted by molar-refractivity contribution is 5.59. The van der Waals surface area contributed by atoms with Gasteiger partial charge < -0.3 is 9.30 Å². The Balaban J connectivity index is 1.44. The standard InChI is InChI=1S/C21H24N4O/c1-17(25-10-12-26-13-11-25)19-3-5-20(6-4-19)21-7-2-18(14-23-21)15-24-9-8-22-16-24/h2-9,14,16-17H,10-13,15H2,1H3/t17-/m0/s1. The van der Waals surface area contributed by atoms with Crippen LogP contribution in [0.2, 0.25) is 0 Å². The fourth-order valence-electron chi connectivity index (χ4n) is 3.39. The monoisotopic (exact) mass is 348 g/mol. The third kappa shape index (κ3) is 3.84. The van der Waals surface area contributed by atoms with Crippen molar-refractivity contribution < 1.29 is 4.74 Å². The van der Waals surface area contributed by atoms with Gasteiger partial charge in [-0.05, 0) is 24.1 Å². The zero-order valence-electron chi connectivity index (χ0n) is 15.1. The van der Waals surface area contributed by atoms with Crippen LogP contribution in [0.1, 0.15) is 24.1 Å². The highest BCUT2D eigenvalue weighted by Gasteiger charge is 2.18. The fourth-order valence-corrected chi connectivity index (χ4v) is 3.39. The van der Waals surface area contributed by atoms with E-state index in [1.807, 2.05) is 23.3 Å². The van der Waals surface area contributed by atoms with E-state index in [4.69, 9.17) is 4.74 Å². The van der Waals surface area contributed by atoms with Crippen LogP contribution >= 0.6 is 0 Å². The predicted molar refractivity (Wildman–Crippen MR) is 102 cm³/mol. The third-order valence-corrected chi connectivity index (χ3v) is 5.03. The lowest BCUT2D eigenvalue weighted by Crippen LogP contribution is -2.37. The van der Waals surface area contributed by atoms with Crippen molar-refractivity contribution in [1.29, 1.82) is 0 Å². The SMILES string of the molecule is C[C@@H](c1ccc(-c2ccc(Cn3ccnc3)cn2)cc1)N1CCOCC1. The molecule has 134 valence electrons. The molecule has 0 radical (unpaired) electrons. The molecule has 2 aromatic heterocycles. The minimum absolute atomic E-state index is 0.415. The number of pyridine rings is 1. The fraction of sp³-hybridized carbons (Fsp3) is 0.333. The molecule has 0 bridgehead atoms. The molecule has 1 saturated heterocycles. The van der Waals surface area contributed by atoms with Crippen LogP contribution in [0.25, 0.3) is 11.3 Å². The van der Waals surface area contributed by atoms with E-state index in [-0.39, 0.29) is 0 Å². The Morgan fingerprint density at radius 2 is 1.88 bits per heavy atom. The van der Waals surface area contributed by atoms with Gasteiger partial charge in [-0.15, -0.1) is 0 Å². The van der Waals surface area contributed by atoms with Gasteiger partial charge in [0.2, 0.25) is 0 Å². The van der Waals surface area contributed by atoms with Crippen molar-refractivity contribution in [2.45, 2.75) is 19.5 Å². The number of rotatable bonds is 5. The predicted octanol–water partition coefficient (Wildman–Crippen LogP) is 3.39. The van der Waals surface area contributed by atoms with Gasteiger partial charge in [-0.1, -0.05) is 30.3 Å². The van der Waals surface area contributed by atoms with E-state index in [2.05, 4.69) is 58.2 Å². The van der Waals surface area contributed by atoms with Gasteiger partial charge >= 0.3 is 0 Å². The molecule has 0 spiro atoms. The Kier molecular flexibility index (Phi) is 5.09. The van der Waals surface area contributed by atoms with Gasteiger partial charge in [-0.3, -0.25) is 9.88 Å². The van der Waals surface area contributed by atoms with Gasteiger partial charge in [0, 0.05) is 49.8 Å². The Labute approximate surface area is 154 Å². The van der Waals surface area contributed by atoms with Gasteiger partial charge in [-0.2, -0.15) is 0 Å². The molecule has 0 aliphatic carbocycles. The van der Waals surface area contributed by atoms with Crippen molar-refractivity contribution in [3.05, 3.63) is 72.4 Å². The Morgan fingerprint density at radius 3 is 2.54 bits per heavy atom. The molecule has 3 heterocycles. The summed E-state index contributed by atoms with van der Waals surface area (Å²) < 4.78 is 7.49. The maximum atomic E-state index is 5.45. The normalized spacial score (nSPS) is 16.5. The number of ether oxygens (including phenoxy) is 1. The molecular weight excluding hydrogens is 324 g/mol. The maximum Gasteiger partial charge on any atom is 0.0949 e. The van der Waals surface area contributed by atoms with Crippen LogP contribution in [-0.4, -0.2) is 45.7 Å². The van der Waals surface area contributed by atoms with Crippen LogP contribution in [0.4, 0.5) is 0 Å². The van der Waals surface area contributed by atoms with Crippen LogP contribution in [0.5, 0.6) is 0 Å². The second-order valence-electron chi connectivity index (χ2n) is 6.73. The molecule has 1 aliphatic heterocycles. The highest BCUT2D eigenvalue weighted by Crippen LogP contribution is 2.24. The maximum absolute atomic E-state index is 5.45. The average molecular weight is 348 g/mol. The topological polar surface area (TPSA) is 43.2 Å². The first-order valence-corrected chi connectivity index (χ1v) is 9.12. The minimum atomic E-state index is 0.415. The van der Waals surface area contributed by atoms with Crippen LogP contribution in [0, 0.1) is 0 Å². The van der Waals surface area contributed by atoms with Crippen molar-refractivity contribution in [1.82, 2.24) is 19.4 Å². The van der Waals surface area contributed by atoms with E-state index in [0.717, 1.165) is 44.1 Å². The number of hydrogen-bond donors (Lipinski definition) is 0. The Bertz CT molecular complexity index is 806. The van der Waals surface area contributed by atoms with E-state index in [9.17, 15) is 0 Å². The first-order valence-electron chi connectivity index (χ1n) is 9.12. The Morgan fingerprint density at radius 1 is 1.08 bits per heavy atom. The van der Waals surface area contributed by atoms with Crippen molar-refractivity contribution in [3.63, 3.8) is 0 Å². The zero-order valence-corrected chi connectivity index (χ0v) is 15.1. The van der Waals surface area contributed by atoms with Crippen molar-refractivity contribution in [3.8, 4) is 11.3 Å². The largest absolute Gasteiger partial charge is 0.379 e. The second-order valence-corrected chi connectivity index (χ2v) is 6.73. The summed E-state index contributed by atoms with van der Waals surface area (Å²) >= 11 is 0. The second kappa shape index (κ2) is 7.81. The molecule has 0 saturated carbocycles. The first kappa shape index (κ1) is 16.9. The molecule has 5 heteroatoms. The van der Waals surface area contributed by atoms with E-state index < -0.39 is 0 Å². The molecule has 0 amide bonds. The molecule has 1 atom stereocenters. The van der Waals surface area contributed by atoms with E-state index >= 15 is 0 Å². The van der Waals surface area contributed by atoms with E-state index in [1.54, 1.807) is 6.20 Å². The molecule has 0 N–H and O–H groups in total. The van der Waals surface area contributed by atoms with Crippen LogP contribution in [0.15, 0.2) is 61.3 Å². The summed E-state index contributed by atoms with van der Waals surface area (Å²) in [4.78, 5) is 11.2. The molecule has 4 rings (SSSR count). The Hall–Kier alpha value is -2.50. The molecule has 5 nitrogen and oxygen atoms in total. The summed E-state index contributed by atoms with van der Waals surface area (Å²) in [5.41, 5.74) is 4.67. The summed E-state index contributed by atoms with van der Waals surface area (Å²) in [5.74, 6) is 0. The lowest BCUT2D eigenvalue weighted by Gasteiger charge is -2.32. The first-order chi connectivity index (χ1) is 12.8. The summed E-state index contributed by atoms with van der Waals surface area (Å²) in [6.45, 7) is 6.73. The van der Waals surface area contributed by atoms with Gasteiger partial charge in [0.1, 0.15) is 0 Å². The van der Waals surface area contributed by atoms with Crippen LogP contribution in [0.3, 0.4) is 0 Å². The number of imidazole rings is 1. The summed E-state index contributed by atoms with van der Waals surface area (Å²) in [6, 6.07) is 13.4. The lowest BCUT2D eigenvalue weighted by molar-refractivity contribution is 0.0198. The van der Waals surface area contributed by atoms with Gasteiger partial charge in [0.15, 0.2) is 0 Å².